The molecule has 4 rings (SSSR count). The number of benzene rings is 2. The Hall–Kier alpha value is -3.39. The van der Waals surface area contributed by atoms with Crippen LogP contribution in [0.25, 0.3) is 33.4 Å². The van der Waals surface area contributed by atoms with E-state index in [-0.39, 0.29) is 4.90 Å². The third kappa shape index (κ3) is 3.54. The van der Waals surface area contributed by atoms with Crippen molar-refractivity contribution in [2.24, 2.45) is 0 Å². The van der Waals surface area contributed by atoms with Gasteiger partial charge in [-0.15, -0.1) is 0 Å². The van der Waals surface area contributed by atoms with Crippen LogP contribution in [0.4, 0.5) is 0 Å². The van der Waals surface area contributed by atoms with E-state index in [1.54, 1.807) is 51.0 Å². The maximum atomic E-state index is 11.8. The molecular formula is C21H19N3O4S. The predicted molar refractivity (Wildman–Crippen MR) is 111 cm³/mol. The van der Waals surface area contributed by atoms with Crippen molar-refractivity contribution in [3.63, 3.8) is 0 Å². The van der Waals surface area contributed by atoms with Crippen LogP contribution in [0.1, 0.15) is 0 Å². The number of hydrogen-bond donors (Lipinski definition) is 1. The first kappa shape index (κ1) is 18.9. The number of rotatable bonds is 5. The van der Waals surface area contributed by atoms with E-state index in [1.165, 1.54) is 6.26 Å². The molecule has 0 aliphatic heterocycles. The van der Waals surface area contributed by atoms with E-state index in [0.29, 0.717) is 17.2 Å². The number of nitrogens with one attached hydrogen (secondary N) is 1. The van der Waals surface area contributed by atoms with Crippen molar-refractivity contribution in [3.05, 3.63) is 55.0 Å². The third-order valence-electron chi connectivity index (χ3n) is 4.68. The lowest BCUT2D eigenvalue weighted by atomic mass is 9.99. The number of imidazole rings is 1. The minimum Gasteiger partial charge on any atom is -0.493 e. The van der Waals surface area contributed by atoms with Crippen molar-refractivity contribution in [2.45, 2.75) is 4.90 Å². The first-order valence-electron chi connectivity index (χ1n) is 8.76. The van der Waals surface area contributed by atoms with Crippen molar-refractivity contribution in [3.8, 4) is 34.0 Å². The number of hydrogen-bond acceptors (Lipinski definition) is 6. The summed E-state index contributed by atoms with van der Waals surface area (Å²) < 4.78 is 34.5. The van der Waals surface area contributed by atoms with E-state index in [1.807, 2.05) is 18.2 Å². The Labute approximate surface area is 168 Å². The minimum absolute atomic E-state index is 0.271. The zero-order valence-corrected chi connectivity index (χ0v) is 16.9. The first-order valence-corrected chi connectivity index (χ1v) is 10.7. The van der Waals surface area contributed by atoms with Crippen LogP contribution in [-0.2, 0) is 9.84 Å². The van der Waals surface area contributed by atoms with Gasteiger partial charge in [-0.3, -0.25) is 0 Å². The smallest absolute Gasteiger partial charge is 0.175 e. The highest BCUT2D eigenvalue weighted by atomic mass is 32.2. The van der Waals surface area contributed by atoms with Gasteiger partial charge in [0.15, 0.2) is 21.3 Å². The third-order valence-corrected chi connectivity index (χ3v) is 5.81. The first-order chi connectivity index (χ1) is 13.9. The zero-order valence-electron chi connectivity index (χ0n) is 16.1. The van der Waals surface area contributed by atoms with Crippen LogP contribution in [0.2, 0.25) is 0 Å². The Morgan fingerprint density at radius 1 is 0.966 bits per heavy atom. The van der Waals surface area contributed by atoms with Crippen LogP contribution in [0.15, 0.2) is 59.9 Å². The lowest BCUT2D eigenvalue weighted by molar-refractivity contribution is 0.356. The molecule has 8 heteroatoms. The predicted octanol–water partition coefficient (Wildman–Crippen LogP) is 3.71. The van der Waals surface area contributed by atoms with Crippen molar-refractivity contribution >= 4 is 20.7 Å². The van der Waals surface area contributed by atoms with Gasteiger partial charge in [0.2, 0.25) is 0 Å². The van der Waals surface area contributed by atoms with Gasteiger partial charge in [-0.1, -0.05) is 12.1 Å². The second-order valence-electron chi connectivity index (χ2n) is 6.54. The summed E-state index contributed by atoms with van der Waals surface area (Å²) in [6.07, 6.45) is 4.49. The lowest BCUT2D eigenvalue weighted by Crippen LogP contribution is -1.97. The normalized spacial score (nSPS) is 11.6. The van der Waals surface area contributed by atoms with Gasteiger partial charge in [-0.05, 0) is 35.4 Å². The molecular weight excluding hydrogens is 390 g/mol. The molecule has 0 aliphatic rings. The van der Waals surface area contributed by atoms with Gasteiger partial charge in [0.1, 0.15) is 0 Å². The molecule has 0 saturated heterocycles. The number of fused-ring (bicyclic) bond motifs is 1. The molecule has 0 unspecified atom stereocenters. The molecule has 0 fully saturated rings. The average molecular weight is 409 g/mol. The number of sulfone groups is 1. The maximum absolute atomic E-state index is 11.8. The summed E-state index contributed by atoms with van der Waals surface area (Å²) in [6.45, 7) is 0. The fraction of sp³-hybridized carbons (Fsp3) is 0.143. The summed E-state index contributed by atoms with van der Waals surface area (Å²) in [5.74, 6) is 1.16. The highest BCUT2D eigenvalue weighted by Gasteiger charge is 2.15. The number of H-pyrrole nitrogens is 1. The molecule has 0 aliphatic carbocycles. The summed E-state index contributed by atoms with van der Waals surface area (Å²) in [4.78, 5) is 12.2. The zero-order chi connectivity index (χ0) is 20.6. The minimum atomic E-state index is -3.27. The second kappa shape index (κ2) is 7.21. The topological polar surface area (TPSA) is 94.2 Å². The summed E-state index contributed by atoms with van der Waals surface area (Å²) in [5, 5.41) is 0.859. The van der Waals surface area contributed by atoms with Gasteiger partial charge in [0, 0.05) is 17.7 Å². The van der Waals surface area contributed by atoms with E-state index >= 15 is 0 Å². The van der Waals surface area contributed by atoms with Crippen LogP contribution in [0, 0.1) is 0 Å². The largest absolute Gasteiger partial charge is 0.493 e. The Morgan fingerprint density at radius 3 is 2.24 bits per heavy atom. The van der Waals surface area contributed by atoms with E-state index in [0.717, 1.165) is 27.7 Å². The van der Waals surface area contributed by atoms with E-state index < -0.39 is 9.84 Å². The molecule has 0 atom stereocenters. The van der Waals surface area contributed by atoms with Crippen molar-refractivity contribution < 1.29 is 17.9 Å². The Bertz CT molecular complexity index is 1280. The van der Waals surface area contributed by atoms with Gasteiger partial charge in [-0.2, -0.15) is 0 Å². The van der Waals surface area contributed by atoms with Crippen molar-refractivity contribution in [1.29, 1.82) is 0 Å². The Balaban J connectivity index is 1.99. The maximum Gasteiger partial charge on any atom is 0.175 e. The fourth-order valence-electron chi connectivity index (χ4n) is 3.21. The molecule has 0 radical (unpaired) electrons. The molecule has 4 aromatic rings. The summed E-state index contributed by atoms with van der Waals surface area (Å²) >= 11 is 0. The quantitative estimate of drug-likeness (QED) is 0.540. The molecule has 2 heterocycles. The molecule has 29 heavy (non-hydrogen) atoms. The molecule has 7 nitrogen and oxygen atoms in total. The van der Waals surface area contributed by atoms with Gasteiger partial charge in [0.05, 0.1) is 48.5 Å². The number of ether oxygens (including phenoxy) is 2. The molecule has 0 spiro atoms. The van der Waals surface area contributed by atoms with E-state index in [4.69, 9.17) is 14.5 Å². The molecule has 1 N–H and O–H groups in total. The van der Waals surface area contributed by atoms with E-state index in [9.17, 15) is 8.42 Å². The number of pyridine rings is 1. The standard InChI is InChI=1S/C21H19N3O4S/c1-27-20-9-16-15(13-4-6-14(7-5-13)29(3,25)26)8-18(19-11-22-12-23-19)24-17(16)10-21(20)28-2/h4-12H,1-3H3,(H,22,23). The molecule has 0 bridgehead atoms. The second-order valence-corrected chi connectivity index (χ2v) is 8.56. The molecule has 2 aromatic heterocycles. The SMILES string of the molecule is COc1cc2nc(-c3cnc[nH]3)cc(-c3ccc(S(C)(=O)=O)cc3)c2cc1OC. The Kier molecular flexibility index (Phi) is 4.71. The highest BCUT2D eigenvalue weighted by Crippen LogP contribution is 2.38. The van der Waals surface area contributed by atoms with Gasteiger partial charge in [0.25, 0.3) is 0 Å². The summed E-state index contributed by atoms with van der Waals surface area (Å²) in [6, 6.07) is 12.4. The Morgan fingerprint density at radius 2 is 1.66 bits per heavy atom. The molecule has 0 amide bonds. The van der Waals surface area contributed by atoms with Gasteiger partial charge >= 0.3 is 0 Å². The molecule has 2 aromatic carbocycles. The van der Waals surface area contributed by atoms with Crippen LogP contribution in [0.5, 0.6) is 11.5 Å². The van der Waals surface area contributed by atoms with Crippen LogP contribution in [0.3, 0.4) is 0 Å². The highest BCUT2D eigenvalue weighted by molar-refractivity contribution is 7.90. The number of methoxy groups -OCH3 is 2. The summed E-state index contributed by atoms with van der Waals surface area (Å²) in [7, 11) is -0.113. The van der Waals surface area contributed by atoms with Crippen molar-refractivity contribution in [1.82, 2.24) is 15.0 Å². The number of nitrogens with zero attached hydrogens (tertiary/aromatic N) is 2. The van der Waals surface area contributed by atoms with E-state index in [2.05, 4.69) is 9.97 Å². The van der Waals surface area contributed by atoms with Gasteiger partial charge < -0.3 is 14.5 Å². The molecule has 148 valence electrons. The number of aromatic nitrogens is 3. The average Bonchev–Trinajstić information content (AvgIpc) is 3.26. The molecule has 0 saturated carbocycles. The van der Waals surface area contributed by atoms with Crippen LogP contribution >= 0.6 is 0 Å². The van der Waals surface area contributed by atoms with Crippen molar-refractivity contribution in [2.75, 3.05) is 20.5 Å². The van der Waals surface area contributed by atoms with Crippen LogP contribution < -0.4 is 9.47 Å². The van der Waals surface area contributed by atoms with Crippen LogP contribution in [-0.4, -0.2) is 43.8 Å². The fourth-order valence-corrected chi connectivity index (χ4v) is 3.84. The van der Waals surface area contributed by atoms with Gasteiger partial charge in [-0.25, -0.2) is 18.4 Å². The monoisotopic (exact) mass is 409 g/mol. The summed E-state index contributed by atoms with van der Waals surface area (Å²) in [5.41, 5.74) is 3.95. The number of aromatic amines is 1. The lowest BCUT2D eigenvalue weighted by Gasteiger charge is -2.14.